The lowest BCUT2D eigenvalue weighted by Gasteiger charge is -2.10. The van der Waals surface area contributed by atoms with Gasteiger partial charge in [0, 0.05) is 11.1 Å². The van der Waals surface area contributed by atoms with E-state index in [4.69, 9.17) is 5.73 Å². The van der Waals surface area contributed by atoms with Crippen molar-refractivity contribution in [2.75, 3.05) is 5.73 Å². The van der Waals surface area contributed by atoms with E-state index >= 15 is 0 Å². The second kappa shape index (κ2) is 7.84. The summed E-state index contributed by atoms with van der Waals surface area (Å²) >= 11 is 0. The minimum Gasteiger partial charge on any atom is -0.406 e. The fourth-order valence-corrected chi connectivity index (χ4v) is 2.63. The maximum atomic E-state index is 13.5. The highest BCUT2D eigenvalue weighted by molar-refractivity contribution is 5.67. The molecule has 0 fully saturated rings. The van der Waals surface area contributed by atoms with Crippen molar-refractivity contribution in [3.05, 3.63) is 82.9 Å². The second-order valence-corrected chi connectivity index (χ2v) is 6.21. The number of nitrogens with two attached hydrogens (primary N) is 1. The highest BCUT2D eigenvalue weighted by Gasteiger charge is 2.30. The quantitative estimate of drug-likeness (QED) is 0.332. The number of halogens is 5. The molecule has 0 saturated carbocycles. The van der Waals surface area contributed by atoms with Crippen molar-refractivity contribution in [1.82, 2.24) is 0 Å². The van der Waals surface area contributed by atoms with Crippen LogP contribution in [0, 0.1) is 30.4 Å². The van der Waals surface area contributed by atoms with Gasteiger partial charge in [-0.15, -0.1) is 13.2 Å². The number of aryl methyl sites for hydroxylation is 1. The first-order valence-electron chi connectivity index (χ1n) is 8.36. The van der Waals surface area contributed by atoms with Crippen molar-refractivity contribution in [3.63, 3.8) is 0 Å². The van der Waals surface area contributed by atoms with Gasteiger partial charge in [-0.25, -0.2) is 8.78 Å². The van der Waals surface area contributed by atoms with Gasteiger partial charge < -0.3 is 10.5 Å². The van der Waals surface area contributed by atoms with Crippen molar-refractivity contribution in [1.29, 1.82) is 0 Å². The molecule has 0 radical (unpaired) electrons. The third kappa shape index (κ3) is 5.05. The average molecular weight is 403 g/mol. The summed E-state index contributed by atoms with van der Waals surface area (Å²) in [7, 11) is 0. The van der Waals surface area contributed by atoms with E-state index in [0.29, 0.717) is 11.1 Å². The Morgan fingerprint density at radius 2 is 1.41 bits per heavy atom. The molecule has 0 saturated heterocycles. The van der Waals surface area contributed by atoms with E-state index in [0.717, 1.165) is 23.3 Å². The third-order valence-corrected chi connectivity index (χ3v) is 4.07. The van der Waals surface area contributed by atoms with Gasteiger partial charge in [0.25, 0.3) is 0 Å². The molecule has 0 bridgehead atoms. The van der Waals surface area contributed by atoms with Crippen molar-refractivity contribution < 1.29 is 26.7 Å². The summed E-state index contributed by atoms with van der Waals surface area (Å²) in [5.41, 5.74) is 7.74. The number of nitrogen functional groups attached to an aromatic ring is 1. The van der Waals surface area contributed by atoms with Crippen LogP contribution in [-0.4, -0.2) is 6.36 Å². The topological polar surface area (TPSA) is 35.2 Å². The van der Waals surface area contributed by atoms with E-state index in [9.17, 15) is 22.0 Å². The van der Waals surface area contributed by atoms with E-state index in [1.165, 1.54) is 24.3 Å². The third-order valence-electron chi connectivity index (χ3n) is 4.07. The lowest BCUT2D eigenvalue weighted by molar-refractivity contribution is -0.274. The molecule has 2 N–H and O–H groups in total. The average Bonchev–Trinajstić information content (AvgIpc) is 2.64. The van der Waals surface area contributed by atoms with Crippen LogP contribution in [-0.2, 0) is 0 Å². The molecule has 0 aliphatic carbocycles. The Kier molecular flexibility index (Phi) is 5.46. The minimum absolute atomic E-state index is 0.151. The lowest BCUT2D eigenvalue weighted by atomic mass is 10.00. The molecule has 0 unspecified atom stereocenters. The fraction of sp³-hybridized carbons (Fsp3) is 0.0909. The normalized spacial score (nSPS) is 11.0. The van der Waals surface area contributed by atoms with Crippen LogP contribution in [0.2, 0.25) is 0 Å². The Morgan fingerprint density at radius 3 is 1.97 bits per heavy atom. The molecular weight excluding hydrogens is 389 g/mol. The molecular formula is C22H14F5NO. The van der Waals surface area contributed by atoms with Crippen LogP contribution in [0.15, 0.2) is 54.6 Å². The molecule has 0 aliphatic heterocycles. The monoisotopic (exact) mass is 403 g/mol. The number of anilines is 1. The zero-order valence-corrected chi connectivity index (χ0v) is 15.1. The SMILES string of the molecule is Cc1cc(-c2ccc(OC(F)(F)F)cc2)ccc1C#Cc1cc(F)c(N)c(F)c1. The predicted molar refractivity (Wildman–Crippen MR) is 100 cm³/mol. The van der Waals surface area contributed by atoms with Crippen LogP contribution < -0.4 is 10.5 Å². The number of benzene rings is 3. The summed E-state index contributed by atoms with van der Waals surface area (Å²) < 4.78 is 67.6. The Hall–Kier alpha value is -3.53. The van der Waals surface area contributed by atoms with Crippen LogP contribution in [0.4, 0.5) is 27.6 Å². The first kappa shape index (κ1) is 20.2. The number of rotatable bonds is 2. The van der Waals surface area contributed by atoms with Gasteiger partial charge in [-0.05, 0) is 53.9 Å². The van der Waals surface area contributed by atoms with Crippen LogP contribution in [0.5, 0.6) is 5.75 Å². The molecule has 3 rings (SSSR count). The Labute approximate surface area is 163 Å². The first-order chi connectivity index (χ1) is 13.6. The van der Waals surface area contributed by atoms with E-state index in [1.54, 1.807) is 19.1 Å². The van der Waals surface area contributed by atoms with Gasteiger partial charge in [-0.3, -0.25) is 0 Å². The molecule has 0 atom stereocenters. The van der Waals surface area contributed by atoms with Crippen molar-refractivity contribution in [2.24, 2.45) is 0 Å². The van der Waals surface area contributed by atoms with Crippen molar-refractivity contribution in [2.45, 2.75) is 13.3 Å². The summed E-state index contributed by atoms with van der Waals surface area (Å²) in [4.78, 5) is 0. The Morgan fingerprint density at radius 1 is 0.828 bits per heavy atom. The molecule has 2 nitrogen and oxygen atoms in total. The summed E-state index contributed by atoms with van der Waals surface area (Å²) in [6.45, 7) is 1.80. The number of hydrogen-bond acceptors (Lipinski definition) is 2. The van der Waals surface area contributed by atoms with Gasteiger partial charge in [-0.1, -0.05) is 36.1 Å². The highest BCUT2D eigenvalue weighted by Crippen LogP contribution is 2.27. The molecule has 0 spiro atoms. The molecule has 0 aromatic heterocycles. The van der Waals surface area contributed by atoms with Gasteiger partial charge in [0.05, 0.1) is 0 Å². The highest BCUT2D eigenvalue weighted by atomic mass is 19.4. The first-order valence-corrected chi connectivity index (χ1v) is 8.36. The van der Waals surface area contributed by atoms with Gasteiger partial charge in [0.2, 0.25) is 0 Å². The van der Waals surface area contributed by atoms with Crippen LogP contribution in [0.1, 0.15) is 16.7 Å². The summed E-state index contributed by atoms with van der Waals surface area (Å²) in [6, 6.07) is 12.9. The number of hydrogen-bond donors (Lipinski definition) is 1. The number of ether oxygens (including phenoxy) is 1. The maximum absolute atomic E-state index is 13.5. The predicted octanol–water partition coefficient (Wildman–Crippen LogP) is 5.82. The molecule has 0 aliphatic rings. The van der Waals surface area contributed by atoms with Crippen LogP contribution >= 0.6 is 0 Å². The van der Waals surface area contributed by atoms with Gasteiger partial charge in [0.15, 0.2) is 0 Å². The van der Waals surface area contributed by atoms with Crippen molar-refractivity contribution >= 4 is 5.69 Å². The largest absolute Gasteiger partial charge is 0.573 e. The summed E-state index contributed by atoms with van der Waals surface area (Å²) in [6.07, 6.45) is -4.74. The van der Waals surface area contributed by atoms with Gasteiger partial charge >= 0.3 is 6.36 Å². The number of alkyl halides is 3. The minimum atomic E-state index is -4.74. The molecule has 29 heavy (non-hydrogen) atoms. The van der Waals surface area contributed by atoms with Crippen LogP contribution in [0.25, 0.3) is 11.1 Å². The lowest BCUT2D eigenvalue weighted by Crippen LogP contribution is -2.16. The summed E-state index contributed by atoms with van der Waals surface area (Å²) in [5.74, 6) is 3.48. The van der Waals surface area contributed by atoms with Crippen molar-refractivity contribution in [3.8, 4) is 28.7 Å². The zero-order chi connectivity index (χ0) is 21.2. The fourth-order valence-electron chi connectivity index (χ4n) is 2.63. The maximum Gasteiger partial charge on any atom is 0.573 e. The van der Waals surface area contributed by atoms with E-state index in [1.807, 2.05) is 6.07 Å². The van der Waals surface area contributed by atoms with Gasteiger partial charge in [0.1, 0.15) is 23.1 Å². The van der Waals surface area contributed by atoms with E-state index in [-0.39, 0.29) is 11.3 Å². The molecule has 3 aromatic rings. The molecule has 0 amide bonds. The molecule has 0 heterocycles. The Bertz CT molecular complexity index is 1090. The molecule has 3 aromatic carbocycles. The second-order valence-electron chi connectivity index (χ2n) is 6.21. The zero-order valence-electron chi connectivity index (χ0n) is 15.1. The molecule has 148 valence electrons. The van der Waals surface area contributed by atoms with E-state index < -0.39 is 23.7 Å². The van der Waals surface area contributed by atoms with Gasteiger partial charge in [-0.2, -0.15) is 0 Å². The summed E-state index contributed by atoms with van der Waals surface area (Å²) in [5, 5.41) is 0. The Balaban J connectivity index is 1.83. The van der Waals surface area contributed by atoms with E-state index in [2.05, 4.69) is 16.6 Å². The molecule has 7 heteroatoms. The van der Waals surface area contributed by atoms with Crippen LogP contribution in [0.3, 0.4) is 0 Å². The smallest absolute Gasteiger partial charge is 0.406 e. The standard InChI is InChI=1S/C22H14F5NO/c1-13-10-17(16-6-8-18(9-7-16)29-22(25,26)27)5-4-15(13)3-2-14-11-19(23)21(28)20(24)12-14/h4-12H,28H2,1H3.